The van der Waals surface area contributed by atoms with Crippen molar-refractivity contribution in [2.45, 2.75) is 27.2 Å². The number of ether oxygens (including phenoxy) is 3. The van der Waals surface area contributed by atoms with Gasteiger partial charge in [0.1, 0.15) is 11.5 Å². The van der Waals surface area contributed by atoms with Crippen LogP contribution in [0.4, 0.5) is 0 Å². The first kappa shape index (κ1) is 36.0. The monoisotopic (exact) mass is 598 g/mol. The quantitative estimate of drug-likeness (QED) is 0.107. The molecule has 0 aliphatic carbocycles. The fourth-order valence-corrected chi connectivity index (χ4v) is 4.14. The van der Waals surface area contributed by atoms with E-state index in [0.717, 1.165) is 57.2 Å². The van der Waals surface area contributed by atoms with Gasteiger partial charge in [-0.05, 0) is 43.3 Å². The highest BCUT2D eigenvalue weighted by Gasteiger charge is 2.14. The van der Waals surface area contributed by atoms with Crippen molar-refractivity contribution >= 4 is 5.97 Å². The molecule has 234 valence electrons. The Labute approximate surface area is 265 Å². The van der Waals surface area contributed by atoms with Gasteiger partial charge in [-0.15, -0.1) is 0 Å². The van der Waals surface area contributed by atoms with Crippen LogP contribution in [-0.2, 0) is 4.74 Å². The van der Waals surface area contributed by atoms with Gasteiger partial charge in [-0.25, -0.2) is 4.79 Å². The molecule has 0 amide bonds. The van der Waals surface area contributed by atoms with E-state index in [4.69, 9.17) is 14.2 Å². The summed E-state index contributed by atoms with van der Waals surface area (Å²) in [4.78, 5) is 12.0. The molecule has 0 saturated heterocycles. The van der Waals surface area contributed by atoms with E-state index < -0.39 is 0 Å². The second-order valence-electron chi connectivity index (χ2n) is 12.4. The number of nitrogens with zero attached hydrogens (tertiary/aromatic N) is 2. The van der Waals surface area contributed by atoms with Gasteiger partial charge in [-0.1, -0.05) is 49.3 Å². The minimum Gasteiger partial charge on any atom is -0.492 e. The Morgan fingerprint density at radius 1 is 0.659 bits per heavy atom. The maximum Gasteiger partial charge on any atom is 0.338 e. The van der Waals surface area contributed by atoms with E-state index >= 15 is 0 Å². The smallest absolute Gasteiger partial charge is 0.338 e. The summed E-state index contributed by atoms with van der Waals surface area (Å²) in [5.41, 5.74) is 3.70. The Bertz CT molecular complexity index is 1460. The van der Waals surface area contributed by atoms with Gasteiger partial charge < -0.3 is 23.2 Å². The molecular weight excluding hydrogens is 548 g/mol. The van der Waals surface area contributed by atoms with Crippen LogP contribution in [0.3, 0.4) is 0 Å². The minimum atomic E-state index is -0.342. The third kappa shape index (κ3) is 13.0. The third-order valence-corrected chi connectivity index (χ3v) is 6.40. The lowest BCUT2D eigenvalue weighted by atomic mass is 10.1. The molecular formula is C38H50N2O4+2. The molecule has 44 heavy (non-hydrogen) atoms. The second-order valence-corrected chi connectivity index (χ2v) is 12.4. The van der Waals surface area contributed by atoms with Crippen molar-refractivity contribution in [1.29, 1.82) is 0 Å². The summed E-state index contributed by atoms with van der Waals surface area (Å²) in [5.74, 6) is 14.1. The maximum absolute atomic E-state index is 12.0. The Kier molecular flexibility index (Phi) is 14.0. The molecule has 6 nitrogen and oxygen atoms in total. The maximum atomic E-state index is 12.0. The van der Waals surface area contributed by atoms with Crippen molar-refractivity contribution < 1.29 is 28.0 Å². The van der Waals surface area contributed by atoms with Gasteiger partial charge in [0.25, 0.3) is 0 Å². The zero-order valence-corrected chi connectivity index (χ0v) is 26.8. The molecule has 0 unspecified atom stereocenters. The van der Waals surface area contributed by atoms with Crippen LogP contribution < -0.4 is 9.47 Å². The van der Waals surface area contributed by atoms with Gasteiger partial charge in [-0.3, -0.25) is 0 Å². The molecule has 0 heterocycles. The molecule has 0 atom stereocenters. The Hall–Kier alpha value is -4.23. The van der Waals surface area contributed by atoms with Crippen LogP contribution in [0.5, 0.6) is 11.5 Å². The summed E-state index contributed by atoms with van der Waals surface area (Å²) in [6, 6.07) is 20.9. The number of carbonyl (C=O) groups is 1. The van der Waals surface area contributed by atoms with Crippen LogP contribution in [0.1, 0.15) is 59.8 Å². The van der Waals surface area contributed by atoms with Gasteiger partial charge in [0.05, 0.1) is 91.9 Å². The van der Waals surface area contributed by atoms with Gasteiger partial charge in [0, 0.05) is 36.1 Å². The van der Waals surface area contributed by atoms with Crippen LogP contribution >= 0.6 is 0 Å². The molecule has 0 spiro atoms. The standard InChI is InChI=1S/C37H46N2O4.CH4/c1-8-41-37(40)32-20-16-31(17-21-32)19-23-34-29-35(42-26-12-24-38(2,3)4)33(22-18-30-14-10-9-11-15-30)28-36(34)43-27-13-25-39(5,6)7;/h9-11,14-17,20-21,28-29H,8,12-13,24-27H2,1-7H3;1H4/q+2;. The molecule has 3 aromatic rings. The zero-order chi connectivity index (χ0) is 31.3. The van der Waals surface area contributed by atoms with Crippen LogP contribution in [-0.4, -0.2) is 90.1 Å². The lowest BCUT2D eigenvalue weighted by Gasteiger charge is -2.24. The highest BCUT2D eigenvalue weighted by atomic mass is 16.5. The second kappa shape index (κ2) is 17.2. The summed E-state index contributed by atoms with van der Waals surface area (Å²) >= 11 is 0. The number of rotatable bonds is 12. The molecule has 0 N–H and O–H groups in total. The highest BCUT2D eigenvalue weighted by molar-refractivity contribution is 5.89. The van der Waals surface area contributed by atoms with Crippen molar-refractivity contribution in [2.24, 2.45) is 0 Å². The molecule has 0 saturated carbocycles. The van der Waals surface area contributed by atoms with E-state index in [2.05, 4.69) is 66.0 Å². The van der Waals surface area contributed by atoms with Crippen LogP contribution in [0.15, 0.2) is 66.7 Å². The summed E-state index contributed by atoms with van der Waals surface area (Å²) in [5, 5.41) is 0. The number of hydrogen-bond acceptors (Lipinski definition) is 4. The van der Waals surface area contributed by atoms with Crippen molar-refractivity contribution in [1.82, 2.24) is 0 Å². The number of benzene rings is 3. The van der Waals surface area contributed by atoms with Gasteiger partial charge in [0.2, 0.25) is 0 Å². The Balaban J connectivity index is 0.00000675. The van der Waals surface area contributed by atoms with Crippen molar-refractivity contribution in [2.75, 3.05) is 75.2 Å². The predicted octanol–water partition coefficient (Wildman–Crippen LogP) is 6.25. The van der Waals surface area contributed by atoms with Gasteiger partial charge in [-0.2, -0.15) is 0 Å². The molecule has 0 aliphatic rings. The minimum absolute atomic E-state index is 0. The number of esters is 1. The van der Waals surface area contributed by atoms with E-state index in [1.807, 2.05) is 54.6 Å². The summed E-state index contributed by atoms with van der Waals surface area (Å²) in [7, 11) is 13.0. The fourth-order valence-electron chi connectivity index (χ4n) is 4.14. The SMILES string of the molecule is C.CCOC(=O)c1ccc(C#Cc2cc(OCCC[N+](C)(C)C)c(C#Cc3ccccc3)cc2OCCC[N+](C)(C)C)cc1. The number of carbonyl (C=O) groups excluding carboxylic acids is 1. The van der Waals surface area contributed by atoms with Gasteiger partial charge >= 0.3 is 5.97 Å². The largest absolute Gasteiger partial charge is 0.492 e. The molecule has 0 aromatic heterocycles. The van der Waals surface area contributed by atoms with E-state index in [9.17, 15) is 4.79 Å². The number of quaternary nitrogens is 2. The lowest BCUT2D eigenvalue weighted by molar-refractivity contribution is -0.870. The first-order valence-electron chi connectivity index (χ1n) is 14.8. The topological polar surface area (TPSA) is 44.8 Å². The Morgan fingerprint density at radius 3 is 1.55 bits per heavy atom. The molecule has 0 radical (unpaired) electrons. The van der Waals surface area contributed by atoms with E-state index in [0.29, 0.717) is 36.9 Å². The fraction of sp³-hybridized carbons (Fsp3) is 0.395. The van der Waals surface area contributed by atoms with Crippen LogP contribution in [0.2, 0.25) is 0 Å². The average molecular weight is 599 g/mol. The molecule has 6 heteroatoms. The Morgan fingerprint density at radius 2 is 1.11 bits per heavy atom. The predicted molar refractivity (Wildman–Crippen MR) is 180 cm³/mol. The van der Waals surface area contributed by atoms with Crippen LogP contribution in [0.25, 0.3) is 0 Å². The van der Waals surface area contributed by atoms with Crippen molar-refractivity contribution in [3.05, 3.63) is 94.5 Å². The van der Waals surface area contributed by atoms with Crippen LogP contribution in [0, 0.1) is 23.7 Å². The summed E-state index contributed by atoms with van der Waals surface area (Å²) in [6.45, 7) is 5.24. The van der Waals surface area contributed by atoms with E-state index in [1.165, 1.54) is 0 Å². The molecule has 0 aliphatic heterocycles. The summed E-state index contributed by atoms with van der Waals surface area (Å²) < 4.78 is 19.5. The molecule has 0 bridgehead atoms. The van der Waals surface area contributed by atoms with Crippen molar-refractivity contribution in [3.63, 3.8) is 0 Å². The normalized spacial score (nSPS) is 10.8. The number of hydrogen-bond donors (Lipinski definition) is 0. The van der Waals surface area contributed by atoms with E-state index in [1.54, 1.807) is 19.1 Å². The van der Waals surface area contributed by atoms with Crippen molar-refractivity contribution in [3.8, 4) is 35.2 Å². The molecule has 0 fully saturated rings. The summed E-state index contributed by atoms with van der Waals surface area (Å²) in [6.07, 6.45) is 1.81. The molecule has 3 aromatic carbocycles. The third-order valence-electron chi connectivity index (χ3n) is 6.40. The first-order valence-corrected chi connectivity index (χ1v) is 14.8. The first-order chi connectivity index (χ1) is 20.4. The lowest BCUT2D eigenvalue weighted by Crippen LogP contribution is -2.36. The zero-order valence-electron chi connectivity index (χ0n) is 26.8. The highest BCUT2D eigenvalue weighted by Crippen LogP contribution is 2.29. The molecule has 3 rings (SSSR count). The average Bonchev–Trinajstić information content (AvgIpc) is 2.96. The van der Waals surface area contributed by atoms with E-state index in [-0.39, 0.29) is 13.4 Å². The van der Waals surface area contributed by atoms with Gasteiger partial charge in [0.15, 0.2) is 0 Å².